The van der Waals surface area contributed by atoms with Gasteiger partial charge in [0.15, 0.2) is 0 Å². The van der Waals surface area contributed by atoms with E-state index in [9.17, 15) is 14.9 Å². The number of anilines is 1. The number of nitrogens with zero attached hydrogens (tertiary/aromatic N) is 4. The van der Waals surface area contributed by atoms with Gasteiger partial charge in [-0.25, -0.2) is 9.97 Å². The number of nitriles is 1. The van der Waals surface area contributed by atoms with Crippen molar-refractivity contribution in [3.63, 3.8) is 0 Å². The summed E-state index contributed by atoms with van der Waals surface area (Å²) in [4.78, 5) is 34.5. The Kier molecular flexibility index (Phi) is 9.47. The third-order valence-electron chi connectivity index (χ3n) is 5.56. The number of hydrogen-bond donors (Lipinski definition) is 1. The lowest BCUT2D eigenvalue weighted by Gasteiger charge is -2.32. The SMILES string of the molecule is CCOC(=O)CCc1ccc(C#N)cc1OCCNC(=O)C1CCN(c2ccnc(Cl)n2)CC1. The number of carbonyl (C=O) groups excluding carboxylic acids is 2. The van der Waals surface area contributed by atoms with Gasteiger partial charge in [-0.05, 0) is 61.5 Å². The van der Waals surface area contributed by atoms with E-state index in [0.29, 0.717) is 44.0 Å². The fourth-order valence-electron chi connectivity index (χ4n) is 3.79. The van der Waals surface area contributed by atoms with Gasteiger partial charge in [0.2, 0.25) is 11.2 Å². The molecule has 3 rings (SSSR count). The molecule has 180 valence electrons. The molecule has 1 amide bonds. The number of amides is 1. The standard InChI is InChI=1S/C24H28ClN5O4/c1-2-33-22(31)6-5-18-4-3-17(16-26)15-20(18)34-14-11-27-23(32)19-8-12-30(13-9-19)21-7-10-28-24(25)29-21/h3-4,7,10,15,19H,2,5-6,8-9,11-14H2,1H3,(H,27,32). The topological polar surface area (TPSA) is 117 Å². The van der Waals surface area contributed by atoms with Crippen molar-refractivity contribution >= 4 is 29.3 Å². The fourth-order valence-corrected chi connectivity index (χ4v) is 3.93. The highest BCUT2D eigenvalue weighted by Crippen LogP contribution is 2.23. The minimum absolute atomic E-state index is 0.00252. The van der Waals surface area contributed by atoms with Crippen LogP contribution in [0.25, 0.3) is 0 Å². The first-order valence-corrected chi connectivity index (χ1v) is 11.7. The molecule has 1 aromatic heterocycles. The van der Waals surface area contributed by atoms with E-state index in [1.54, 1.807) is 31.3 Å². The van der Waals surface area contributed by atoms with Gasteiger partial charge in [0.1, 0.15) is 18.2 Å². The molecule has 34 heavy (non-hydrogen) atoms. The van der Waals surface area contributed by atoms with Crippen molar-refractivity contribution in [1.82, 2.24) is 15.3 Å². The summed E-state index contributed by atoms with van der Waals surface area (Å²) in [5, 5.41) is 12.3. The number of aryl methyl sites for hydroxylation is 1. The number of carbonyl (C=O) groups is 2. The quantitative estimate of drug-likeness (QED) is 0.310. The molecule has 1 aliphatic heterocycles. The highest BCUT2D eigenvalue weighted by molar-refractivity contribution is 6.28. The second-order valence-electron chi connectivity index (χ2n) is 7.82. The summed E-state index contributed by atoms with van der Waals surface area (Å²) in [5.74, 6) is 0.951. The van der Waals surface area contributed by atoms with E-state index in [0.717, 1.165) is 24.2 Å². The lowest BCUT2D eigenvalue weighted by Crippen LogP contribution is -2.41. The molecule has 0 unspecified atom stereocenters. The summed E-state index contributed by atoms with van der Waals surface area (Å²) in [6.07, 6.45) is 3.74. The average Bonchev–Trinajstić information content (AvgIpc) is 2.85. The van der Waals surface area contributed by atoms with E-state index < -0.39 is 0 Å². The molecule has 0 aliphatic carbocycles. The van der Waals surface area contributed by atoms with E-state index in [-0.39, 0.29) is 36.1 Å². The summed E-state index contributed by atoms with van der Waals surface area (Å²) in [6, 6.07) is 9.02. The normalized spacial score (nSPS) is 13.7. The maximum absolute atomic E-state index is 12.6. The van der Waals surface area contributed by atoms with Crippen molar-refractivity contribution in [1.29, 1.82) is 5.26 Å². The first-order valence-electron chi connectivity index (χ1n) is 11.3. The molecule has 1 aromatic carbocycles. The maximum atomic E-state index is 12.6. The number of rotatable bonds is 10. The summed E-state index contributed by atoms with van der Waals surface area (Å²) >= 11 is 5.87. The lowest BCUT2D eigenvalue weighted by molar-refractivity contribution is -0.143. The minimum atomic E-state index is -0.279. The first-order chi connectivity index (χ1) is 16.5. The molecular weight excluding hydrogens is 458 g/mol. The first kappa shape index (κ1) is 25.2. The number of aromatic nitrogens is 2. The Balaban J connectivity index is 1.44. The Morgan fingerprint density at radius 1 is 1.29 bits per heavy atom. The molecule has 1 fully saturated rings. The molecule has 10 heteroatoms. The van der Waals surface area contributed by atoms with Gasteiger partial charge in [-0.1, -0.05) is 6.07 Å². The monoisotopic (exact) mass is 485 g/mol. The molecule has 1 N–H and O–H groups in total. The van der Waals surface area contributed by atoms with Crippen molar-refractivity contribution in [2.75, 3.05) is 37.7 Å². The Bertz CT molecular complexity index is 1030. The Labute approximate surface area is 204 Å². The highest BCUT2D eigenvalue weighted by Gasteiger charge is 2.25. The fraction of sp³-hybridized carbons (Fsp3) is 0.458. The zero-order valence-electron chi connectivity index (χ0n) is 19.1. The molecule has 0 bridgehead atoms. The largest absolute Gasteiger partial charge is 0.491 e. The number of halogens is 1. The summed E-state index contributed by atoms with van der Waals surface area (Å²) in [6.45, 7) is 4.13. The second-order valence-corrected chi connectivity index (χ2v) is 8.16. The highest BCUT2D eigenvalue weighted by atomic mass is 35.5. The summed E-state index contributed by atoms with van der Waals surface area (Å²) in [5.41, 5.74) is 1.28. The minimum Gasteiger partial charge on any atom is -0.491 e. The third kappa shape index (κ3) is 7.32. The molecular formula is C24H28ClN5O4. The maximum Gasteiger partial charge on any atom is 0.306 e. The van der Waals surface area contributed by atoms with E-state index in [1.807, 2.05) is 6.07 Å². The molecule has 0 spiro atoms. The van der Waals surface area contributed by atoms with Gasteiger partial charge in [-0.2, -0.15) is 5.26 Å². The van der Waals surface area contributed by atoms with E-state index in [1.165, 1.54) is 0 Å². The van der Waals surface area contributed by atoms with E-state index in [4.69, 9.17) is 21.1 Å². The van der Waals surface area contributed by atoms with Crippen LogP contribution in [0.15, 0.2) is 30.5 Å². The summed E-state index contributed by atoms with van der Waals surface area (Å²) < 4.78 is 10.8. The molecule has 0 radical (unpaired) electrons. The van der Waals surface area contributed by atoms with Gasteiger partial charge in [0.05, 0.1) is 24.8 Å². The van der Waals surface area contributed by atoms with Gasteiger partial charge >= 0.3 is 5.97 Å². The number of ether oxygens (including phenoxy) is 2. The third-order valence-corrected chi connectivity index (χ3v) is 5.74. The number of benzene rings is 1. The van der Waals surface area contributed by atoms with Crippen LogP contribution in [0.3, 0.4) is 0 Å². The zero-order chi connectivity index (χ0) is 24.3. The van der Waals surface area contributed by atoms with Crippen molar-refractivity contribution < 1.29 is 19.1 Å². The molecule has 0 atom stereocenters. The van der Waals surface area contributed by atoms with Crippen molar-refractivity contribution in [3.05, 3.63) is 46.9 Å². The predicted octanol–water partition coefficient (Wildman–Crippen LogP) is 2.91. The van der Waals surface area contributed by atoms with Crippen LogP contribution in [0.2, 0.25) is 5.28 Å². The zero-order valence-corrected chi connectivity index (χ0v) is 19.9. The average molecular weight is 486 g/mol. The van der Waals surface area contributed by atoms with Gasteiger partial charge in [-0.3, -0.25) is 9.59 Å². The number of hydrogen-bond acceptors (Lipinski definition) is 8. The van der Waals surface area contributed by atoms with Crippen LogP contribution in [0.4, 0.5) is 5.82 Å². The number of esters is 1. The van der Waals surface area contributed by atoms with Crippen molar-refractivity contribution in [3.8, 4) is 11.8 Å². The predicted molar refractivity (Wildman–Crippen MR) is 127 cm³/mol. The Morgan fingerprint density at radius 3 is 2.79 bits per heavy atom. The van der Waals surface area contributed by atoms with Crippen LogP contribution >= 0.6 is 11.6 Å². The van der Waals surface area contributed by atoms with E-state index in [2.05, 4.69) is 26.3 Å². The molecule has 9 nitrogen and oxygen atoms in total. The molecule has 2 aromatic rings. The van der Waals surface area contributed by atoms with Gasteiger partial charge in [0, 0.05) is 31.6 Å². The smallest absolute Gasteiger partial charge is 0.306 e. The molecule has 1 saturated heterocycles. The summed E-state index contributed by atoms with van der Waals surface area (Å²) in [7, 11) is 0. The molecule has 1 aliphatic rings. The van der Waals surface area contributed by atoms with E-state index >= 15 is 0 Å². The van der Waals surface area contributed by atoms with Crippen LogP contribution < -0.4 is 15.0 Å². The Morgan fingerprint density at radius 2 is 2.09 bits per heavy atom. The van der Waals surface area contributed by atoms with Crippen LogP contribution in [-0.4, -0.2) is 54.7 Å². The number of nitrogens with one attached hydrogen (secondary N) is 1. The van der Waals surface area contributed by atoms with Crippen molar-refractivity contribution in [2.24, 2.45) is 5.92 Å². The molecule has 0 saturated carbocycles. The van der Waals surface area contributed by atoms with Crippen LogP contribution in [0.5, 0.6) is 5.75 Å². The number of piperidine rings is 1. The van der Waals surface area contributed by atoms with Gasteiger partial charge in [0.25, 0.3) is 0 Å². The van der Waals surface area contributed by atoms with Crippen LogP contribution in [0, 0.1) is 17.2 Å². The van der Waals surface area contributed by atoms with Crippen LogP contribution in [0.1, 0.15) is 37.3 Å². The van der Waals surface area contributed by atoms with Gasteiger partial charge in [-0.15, -0.1) is 0 Å². The van der Waals surface area contributed by atoms with Crippen molar-refractivity contribution in [2.45, 2.75) is 32.6 Å². The lowest BCUT2D eigenvalue weighted by atomic mass is 9.96. The second kappa shape index (κ2) is 12.8. The Hall–Kier alpha value is -3.38. The van der Waals surface area contributed by atoms with Crippen LogP contribution in [-0.2, 0) is 20.7 Å². The van der Waals surface area contributed by atoms with Gasteiger partial charge < -0.3 is 19.7 Å². The molecule has 2 heterocycles.